The van der Waals surface area contributed by atoms with E-state index in [0.29, 0.717) is 17.7 Å². The van der Waals surface area contributed by atoms with Gasteiger partial charge < -0.3 is 0 Å². The van der Waals surface area contributed by atoms with Crippen LogP contribution >= 0.6 is 0 Å². The van der Waals surface area contributed by atoms with E-state index in [4.69, 9.17) is 0 Å². The van der Waals surface area contributed by atoms with Gasteiger partial charge in [-0.05, 0) is 78.8 Å². The van der Waals surface area contributed by atoms with Gasteiger partial charge in [0.05, 0.1) is 4.90 Å². The highest BCUT2D eigenvalue weighted by atomic mass is 32.2. The molecule has 1 aliphatic rings. The first-order chi connectivity index (χ1) is 13.8. The minimum atomic E-state index is -3.77. The molecule has 29 heavy (non-hydrogen) atoms. The average molecular weight is 406 g/mol. The van der Waals surface area contributed by atoms with Crippen LogP contribution < -0.4 is 4.72 Å². The van der Waals surface area contributed by atoms with E-state index in [-0.39, 0.29) is 10.7 Å². The van der Waals surface area contributed by atoms with E-state index in [1.165, 1.54) is 0 Å². The Bertz CT molecular complexity index is 1210. The van der Waals surface area contributed by atoms with E-state index < -0.39 is 10.0 Å². The van der Waals surface area contributed by atoms with Gasteiger partial charge in [0.25, 0.3) is 10.0 Å². The summed E-state index contributed by atoms with van der Waals surface area (Å²) in [6.45, 7) is 4.08. The maximum atomic E-state index is 13.0. The van der Waals surface area contributed by atoms with Gasteiger partial charge in [-0.2, -0.15) is 0 Å². The molecule has 0 bridgehead atoms. The van der Waals surface area contributed by atoms with Gasteiger partial charge in [0, 0.05) is 17.7 Å². The van der Waals surface area contributed by atoms with Gasteiger partial charge >= 0.3 is 0 Å². The van der Waals surface area contributed by atoms with Crippen LogP contribution in [0.3, 0.4) is 0 Å². The minimum Gasteiger partial charge on any atom is -0.294 e. The second-order valence-corrected chi connectivity index (χ2v) is 9.21. The molecule has 3 aromatic rings. The summed E-state index contributed by atoms with van der Waals surface area (Å²) in [7, 11) is -3.77. The van der Waals surface area contributed by atoms with Crippen molar-refractivity contribution in [2.24, 2.45) is 0 Å². The third-order valence-electron chi connectivity index (χ3n) is 5.57. The number of aryl methyl sites for hydroxylation is 2. The van der Waals surface area contributed by atoms with E-state index in [2.05, 4.69) is 4.72 Å². The Morgan fingerprint density at radius 3 is 2.48 bits per heavy atom. The van der Waals surface area contributed by atoms with Crippen LogP contribution in [0.1, 0.15) is 39.9 Å². The summed E-state index contributed by atoms with van der Waals surface area (Å²) in [6, 6.07) is 18.2. The fourth-order valence-corrected chi connectivity index (χ4v) is 4.90. The monoisotopic (exact) mass is 405 g/mol. The van der Waals surface area contributed by atoms with Crippen LogP contribution in [-0.4, -0.2) is 14.2 Å². The topological polar surface area (TPSA) is 63.2 Å². The maximum absolute atomic E-state index is 13.0. The van der Waals surface area contributed by atoms with Crippen LogP contribution in [0.4, 0.5) is 5.69 Å². The van der Waals surface area contributed by atoms with Crippen molar-refractivity contribution < 1.29 is 13.2 Å². The predicted octanol–water partition coefficient (Wildman–Crippen LogP) is 5.29. The highest BCUT2D eigenvalue weighted by Gasteiger charge is 2.20. The number of fused-ring (bicyclic) bond motifs is 1. The van der Waals surface area contributed by atoms with Gasteiger partial charge in [0.1, 0.15) is 0 Å². The zero-order valence-electron chi connectivity index (χ0n) is 16.5. The normalized spacial score (nSPS) is 13.8. The second-order valence-electron chi connectivity index (χ2n) is 7.53. The zero-order valence-corrected chi connectivity index (χ0v) is 17.3. The molecule has 0 atom stereocenters. The smallest absolute Gasteiger partial charge is 0.261 e. The number of rotatable bonds is 4. The Balaban J connectivity index is 1.67. The number of nitrogens with one attached hydrogen (secondary N) is 1. The van der Waals surface area contributed by atoms with Crippen LogP contribution in [-0.2, 0) is 16.4 Å². The van der Waals surface area contributed by atoms with E-state index in [0.717, 1.165) is 40.7 Å². The Hall–Kier alpha value is -2.92. The molecule has 4 nitrogen and oxygen atoms in total. The highest BCUT2D eigenvalue weighted by molar-refractivity contribution is 7.92. The molecule has 1 aliphatic carbocycles. The standard InChI is InChI=1S/C24H23NO3S/c1-16-6-3-10-22(17(16)2)19-8-4-9-21(14-19)29(27,28)25-20-13-12-18-7-5-11-24(26)23(18)15-20/h3-4,6,8-10,12-15,25H,5,7,11H2,1-2H3. The number of ketones is 1. The van der Waals surface area contributed by atoms with Crippen molar-refractivity contribution in [2.75, 3.05) is 4.72 Å². The number of sulfonamides is 1. The summed E-state index contributed by atoms with van der Waals surface area (Å²) in [6.07, 6.45) is 2.22. The largest absolute Gasteiger partial charge is 0.294 e. The van der Waals surface area contributed by atoms with Gasteiger partial charge in [0.2, 0.25) is 0 Å². The Morgan fingerprint density at radius 2 is 1.66 bits per heavy atom. The lowest BCUT2D eigenvalue weighted by Crippen LogP contribution is -2.15. The zero-order chi connectivity index (χ0) is 20.6. The van der Waals surface area contributed by atoms with E-state index in [1.807, 2.05) is 44.2 Å². The molecule has 5 heteroatoms. The van der Waals surface area contributed by atoms with Crippen molar-refractivity contribution in [3.63, 3.8) is 0 Å². The van der Waals surface area contributed by atoms with E-state index in [9.17, 15) is 13.2 Å². The van der Waals surface area contributed by atoms with Gasteiger partial charge in [-0.3, -0.25) is 9.52 Å². The molecule has 4 rings (SSSR count). The van der Waals surface area contributed by atoms with Gasteiger partial charge in [-0.1, -0.05) is 36.4 Å². The van der Waals surface area contributed by atoms with Crippen LogP contribution in [0.15, 0.2) is 65.6 Å². The molecule has 0 saturated carbocycles. The number of hydrogen-bond donors (Lipinski definition) is 1. The molecular weight excluding hydrogens is 382 g/mol. The van der Waals surface area contributed by atoms with Crippen molar-refractivity contribution in [3.8, 4) is 11.1 Å². The minimum absolute atomic E-state index is 0.0733. The molecule has 0 heterocycles. The third-order valence-corrected chi connectivity index (χ3v) is 6.95. The quantitative estimate of drug-likeness (QED) is 0.641. The first-order valence-electron chi connectivity index (χ1n) is 9.71. The number of carbonyl (C=O) groups excluding carboxylic acids is 1. The Kier molecular flexibility index (Phi) is 5.01. The molecule has 1 N–H and O–H groups in total. The maximum Gasteiger partial charge on any atom is 0.261 e. The molecule has 0 amide bonds. The Morgan fingerprint density at radius 1 is 0.862 bits per heavy atom. The number of carbonyl (C=O) groups is 1. The second kappa shape index (κ2) is 7.48. The molecule has 0 aliphatic heterocycles. The number of anilines is 1. The van der Waals surface area contributed by atoms with Crippen LogP contribution in [0.2, 0.25) is 0 Å². The van der Waals surface area contributed by atoms with E-state index >= 15 is 0 Å². The third kappa shape index (κ3) is 3.83. The molecule has 0 radical (unpaired) electrons. The van der Waals surface area contributed by atoms with E-state index in [1.54, 1.807) is 30.3 Å². The molecule has 0 aromatic heterocycles. The lowest BCUT2D eigenvalue weighted by molar-refractivity contribution is 0.0972. The van der Waals surface area contributed by atoms with Gasteiger partial charge in [0.15, 0.2) is 5.78 Å². The van der Waals surface area contributed by atoms with Gasteiger partial charge in [-0.25, -0.2) is 8.42 Å². The summed E-state index contributed by atoms with van der Waals surface area (Å²) in [5.74, 6) is 0.0733. The number of hydrogen-bond acceptors (Lipinski definition) is 3. The van der Waals surface area contributed by atoms with Crippen molar-refractivity contribution in [1.82, 2.24) is 0 Å². The molecular formula is C24H23NO3S. The summed E-state index contributed by atoms with van der Waals surface area (Å²) in [4.78, 5) is 12.4. The molecule has 0 unspecified atom stereocenters. The molecule has 0 fully saturated rings. The van der Waals surface area contributed by atoms with Crippen LogP contribution in [0.5, 0.6) is 0 Å². The lowest BCUT2D eigenvalue weighted by Gasteiger charge is -2.16. The van der Waals surface area contributed by atoms with Crippen molar-refractivity contribution in [3.05, 3.63) is 82.9 Å². The first kappa shape index (κ1) is 19.4. The summed E-state index contributed by atoms with van der Waals surface area (Å²) >= 11 is 0. The summed E-state index contributed by atoms with van der Waals surface area (Å²) in [5.41, 5.74) is 6.18. The van der Waals surface area contributed by atoms with Crippen LogP contribution in [0.25, 0.3) is 11.1 Å². The summed E-state index contributed by atoms with van der Waals surface area (Å²) < 4.78 is 28.6. The fourth-order valence-electron chi connectivity index (χ4n) is 3.80. The predicted molar refractivity (Wildman–Crippen MR) is 116 cm³/mol. The molecule has 0 spiro atoms. The van der Waals surface area contributed by atoms with Crippen LogP contribution in [0, 0.1) is 13.8 Å². The molecule has 3 aromatic carbocycles. The SMILES string of the molecule is Cc1cccc(-c2cccc(S(=O)(=O)Nc3ccc4c(c3)C(=O)CCC4)c2)c1C. The summed E-state index contributed by atoms with van der Waals surface area (Å²) in [5, 5.41) is 0. The average Bonchev–Trinajstić information content (AvgIpc) is 2.70. The van der Waals surface area contributed by atoms with Gasteiger partial charge in [-0.15, -0.1) is 0 Å². The fraction of sp³-hybridized carbons (Fsp3) is 0.208. The lowest BCUT2D eigenvalue weighted by atomic mass is 9.90. The molecule has 0 saturated heterocycles. The number of Topliss-reactive ketones (excluding diaryl/α,β-unsaturated/α-hetero) is 1. The van der Waals surface area contributed by atoms with Crippen molar-refractivity contribution in [1.29, 1.82) is 0 Å². The Labute approximate surface area is 171 Å². The highest BCUT2D eigenvalue weighted by Crippen LogP contribution is 2.29. The van der Waals surface area contributed by atoms with Crippen molar-refractivity contribution >= 4 is 21.5 Å². The molecule has 148 valence electrons. The number of benzene rings is 3. The van der Waals surface area contributed by atoms with Crippen molar-refractivity contribution in [2.45, 2.75) is 38.0 Å². The first-order valence-corrected chi connectivity index (χ1v) is 11.2.